The van der Waals surface area contributed by atoms with E-state index in [-0.39, 0.29) is 29.3 Å². The zero-order chi connectivity index (χ0) is 14.7. The number of unbranched alkanes of at least 4 members (excludes halogenated alkanes) is 1. The molecule has 0 aliphatic carbocycles. The molecule has 0 saturated carbocycles. The molecule has 2 N–H and O–H groups in total. The van der Waals surface area contributed by atoms with Crippen molar-refractivity contribution in [2.45, 2.75) is 36.6 Å². The summed E-state index contributed by atoms with van der Waals surface area (Å²) in [6.07, 6.45) is -5.23. The van der Waals surface area contributed by atoms with Crippen LogP contribution in [0.2, 0.25) is 0 Å². The molecule has 0 fully saturated rings. The smallest absolute Gasteiger partial charge is 0.315 e. The highest BCUT2D eigenvalue weighted by molar-refractivity contribution is 7.91. The van der Waals surface area contributed by atoms with Gasteiger partial charge in [-0.3, -0.25) is 4.79 Å². The molecular formula is C9H13F3N2O3S2. The predicted molar refractivity (Wildman–Crippen MR) is 64.8 cm³/mol. The van der Waals surface area contributed by atoms with Gasteiger partial charge in [-0.25, -0.2) is 13.1 Å². The van der Waals surface area contributed by atoms with Gasteiger partial charge in [0.1, 0.15) is 0 Å². The van der Waals surface area contributed by atoms with E-state index in [0.29, 0.717) is 11.3 Å². The second kappa shape index (κ2) is 6.06. The molecule has 1 heterocycles. The van der Waals surface area contributed by atoms with Crippen LogP contribution < -0.4 is 9.60 Å². The monoisotopic (exact) mass is 318 g/mol. The molecule has 0 aliphatic rings. The van der Waals surface area contributed by atoms with E-state index in [9.17, 15) is 26.4 Å². The summed E-state index contributed by atoms with van der Waals surface area (Å²) in [6, 6.07) is 0. The van der Waals surface area contributed by atoms with Gasteiger partial charge in [0.25, 0.3) is 10.0 Å². The Morgan fingerprint density at radius 2 is 1.95 bits per heavy atom. The first kappa shape index (κ1) is 16.2. The van der Waals surface area contributed by atoms with Crippen LogP contribution in [0, 0.1) is 6.92 Å². The molecule has 1 rings (SSSR count). The maximum absolute atomic E-state index is 11.9. The van der Waals surface area contributed by atoms with E-state index < -0.39 is 27.5 Å². The van der Waals surface area contributed by atoms with Crippen molar-refractivity contribution in [3.8, 4) is 0 Å². The maximum atomic E-state index is 11.9. The van der Waals surface area contributed by atoms with Gasteiger partial charge in [-0.15, -0.1) is 0 Å². The SMILES string of the molecule is Cc1[nH]c(=O)sc1S(=O)(=O)NCCCCC(F)(F)F. The Hall–Kier alpha value is -0.870. The molecule has 0 spiro atoms. The zero-order valence-corrected chi connectivity index (χ0v) is 11.6. The Labute approximate surface area is 111 Å². The Bertz CT molecular complexity index is 574. The molecular weight excluding hydrogens is 305 g/mol. The predicted octanol–water partition coefficient (Wildman–Crippen LogP) is 1.76. The van der Waals surface area contributed by atoms with Crippen molar-refractivity contribution in [2.75, 3.05) is 6.54 Å². The van der Waals surface area contributed by atoms with E-state index in [0.717, 1.165) is 0 Å². The van der Waals surface area contributed by atoms with Crippen LogP contribution >= 0.6 is 11.3 Å². The van der Waals surface area contributed by atoms with Crippen LogP contribution in [0.15, 0.2) is 9.00 Å². The maximum Gasteiger partial charge on any atom is 0.389 e. The van der Waals surface area contributed by atoms with Crippen molar-refractivity contribution in [2.24, 2.45) is 0 Å². The van der Waals surface area contributed by atoms with Crippen LogP contribution in [0.1, 0.15) is 25.0 Å². The number of aromatic amines is 1. The number of alkyl halides is 3. The summed E-state index contributed by atoms with van der Waals surface area (Å²) in [4.78, 5) is 12.8. The fourth-order valence-corrected chi connectivity index (χ4v) is 3.79. The van der Waals surface area contributed by atoms with Crippen molar-refractivity contribution in [1.29, 1.82) is 0 Å². The lowest BCUT2D eigenvalue weighted by atomic mass is 10.2. The van der Waals surface area contributed by atoms with Gasteiger partial charge in [-0.05, 0) is 19.8 Å². The van der Waals surface area contributed by atoms with Crippen molar-refractivity contribution < 1.29 is 21.6 Å². The van der Waals surface area contributed by atoms with Crippen LogP contribution in [0.3, 0.4) is 0 Å². The molecule has 0 bridgehead atoms. The number of halogens is 3. The average Bonchev–Trinajstić information content (AvgIpc) is 2.56. The van der Waals surface area contributed by atoms with E-state index in [1.54, 1.807) is 0 Å². The second-order valence-electron chi connectivity index (χ2n) is 3.90. The highest BCUT2D eigenvalue weighted by Crippen LogP contribution is 2.22. The van der Waals surface area contributed by atoms with Crippen molar-refractivity contribution in [3.05, 3.63) is 15.4 Å². The van der Waals surface area contributed by atoms with Gasteiger partial charge in [-0.1, -0.05) is 11.3 Å². The molecule has 0 atom stereocenters. The highest BCUT2D eigenvalue weighted by atomic mass is 32.2. The van der Waals surface area contributed by atoms with Gasteiger partial charge in [0.05, 0.1) is 0 Å². The lowest BCUT2D eigenvalue weighted by Gasteiger charge is -2.07. The van der Waals surface area contributed by atoms with Crippen molar-refractivity contribution >= 4 is 21.4 Å². The molecule has 0 unspecified atom stereocenters. The molecule has 10 heteroatoms. The van der Waals surface area contributed by atoms with Gasteiger partial charge in [-0.2, -0.15) is 13.2 Å². The summed E-state index contributed by atoms with van der Waals surface area (Å²) < 4.78 is 61.1. The normalized spacial score (nSPS) is 12.8. The second-order valence-corrected chi connectivity index (χ2v) is 6.84. The fraction of sp³-hybridized carbons (Fsp3) is 0.667. The Kier molecular flexibility index (Phi) is 5.16. The highest BCUT2D eigenvalue weighted by Gasteiger charge is 2.26. The molecule has 0 amide bonds. The van der Waals surface area contributed by atoms with E-state index in [1.165, 1.54) is 6.92 Å². The Morgan fingerprint density at radius 3 is 2.42 bits per heavy atom. The molecule has 5 nitrogen and oxygen atoms in total. The standard InChI is InChI=1S/C9H13F3N2O3S2/c1-6-7(18-8(15)14-6)19(16,17)13-5-3-2-4-9(10,11)12/h13H,2-5H2,1H3,(H,14,15). The topological polar surface area (TPSA) is 79.0 Å². The first-order chi connectivity index (χ1) is 8.62. The third-order valence-corrected chi connectivity index (χ3v) is 5.27. The summed E-state index contributed by atoms with van der Waals surface area (Å²) in [5.41, 5.74) is 0.220. The van der Waals surface area contributed by atoms with E-state index >= 15 is 0 Å². The molecule has 1 aromatic rings. The van der Waals surface area contributed by atoms with Crippen molar-refractivity contribution in [3.63, 3.8) is 0 Å². The molecule has 1 aromatic heterocycles. The fourth-order valence-electron chi connectivity index (χ4n) is 1.37. The Balaban J connectivity index is 2.49. The number of nitrogens with one attached hydrogen (secondary N) is 2. The summed E-state index contributed by atoms with van der Waals surface area (Å²) in [5, 5.41) is 0. The molecule has 110 valence electrons. The first-order valence-corrected chi connectivity index (χ1v) is 7.68. The van der Waals surface area contributed by atoms with Crippen LogP contribution in [0.25, 0.3) is 0 Å². The van der Waals surface area contributed by atoms with Crippen LogP contribution in [0.5, 0.6) is 0 Å². The first-order valence-electron chi connectivity index (χ1n) is 5.38. The molecule has 0 aromatic carbocycles. The van der Waals surface area contributed by atoms with Crippen LogP contribution in [-0.4, -0.2) is 26.1 Å². The number of rotatable bonds is 6. The third kappa shape index (κ3) is 5.33. The number of hydrogen-bond acceptors (Lipinski definition) is 4. The number of H-pyrrole nitrogens is 1. The van der Waals surface area contributed by atoms with E-state index in [1.807, 2.05) is 0 Å². The number of aryl methyl sites for hydroxylation is 1. The van der Waals surface area contributed by atoms with E-state index in [2.05, 4.69) is 9.71 Å². The number of thiazole rings is 1. The summed E-state index contributed by atoms with van der Waals surface area (Å²) in [7, 11) is -3.83. The minimum atomic E-state index is -4.23. The van der Waals surface area contributed by atoms with Gasteiger partial charge < -0.3 is 4.98 Å². The van der Waals surface area contributed by atoms with Crippen LogP contribution in [-0.2, 0) is 10.0 Å². The minimum absolute atomic E-state index is 0.0805. The molecule has 0 aliphatic heterocycles. The number of aromatic nitrogens is 1. The molecule has 0 saturated heterocycles. The molecule has 19 heavy (non-hydrogen) atoms. The van der Waals surface area contributed by atoms with Crippen molar-refractivity contribution in [1.82, 2.24) is 9.71 Å². The minimum Gasteiger partial charge on any atom is -0.315 e. The molecule has 0 radical (unpaired) electrons. The lowest BCUT2D eigenvalue weighted by Crippen LogP contribution is -2.25. The number of hydrogen-bond donors (Lipinski definition) is 2. The van der Waals surface area contributed by atoms with Gasteiger partial charge in [0.15, 0.2) is 4.21 Å². The quantitative estimate of drug-likeness (QED) is 0.784. The third-order valence-electron chi connectivity index (χ3n) is 2.20. The Morgan fingerprint density at radius 1 is 1.32 bits per heavy atom. The number of sulfonamides is 1. The summed E-state index contributed by atoms with van der Waals surface area (Å²) in [6.45, 7) is 1.35. The van der Waals surface area contributed by atoms with E-state index in [4.69, 9.17) is 0 Å². The lowest BCUT2D eigenvalue weighted by molar-refractivity contribution is -0.135. The average molecular weight is 318 g/mol. The largest absolute Gasteiger partial charge is 0.389 e. The van der Waals surface area contributed by atoms with Gasteiger partial charge in [0.2, 0.25) is 0 Å². The van der Waals surface area contributed by atoms with Gasteiger partial charge >= 0.3 is 11.0 Å². The zero-order valence-electron chi connectivity index (χ0n) is 10.0. The summed E-state index contributed by atoms with van der Waals surface area (Å²) in [5.74, 6) is 0. The van der Waals surface area contributed by atoms with Gasteiger partial charge in [0, 0.05) is 18.7 Å². The summed E-state index contributed by atoms with van der Waals surface area (Å²) >= 11 is 0.548. The van der Waals surface area contributed by atoms with Crippen LogP contribution in [0.4, 0.5) is 13.2 Å².